The molecule has 0 aliphatic carbocycles. The van der Waals surface area contributed by atoms with Gasteiger partial charge in [-0.05, 0) is 13.8 Å². The fourth-order valence-electron chi connectivity index (χ4n) is 1.41. The van der Waals surface area contributed by atoms with E-state index >= 15 is 0 Å². The first-order chi connectivity index (χ1) is 7.80. The van der Waals surface area contributed by atoms with Crippen LogP contribution < -0.4 is 0 Å². The molecule has 96 valence electrons. The maximum absolute atomic E-state index is 12.1. The number of rotatable bonds is 4. The summed E-state index contributed by atoms with van der Waals surface area (Å²) in [5.41, 5.74) is 0.818. The molecule has 1 rings (SSSR count). The van der Waals surface area contributed by atoms with Crippen LogP contribution in [0.1, 0.15) is 11.4 Å². The molecule has 1 N–H and O–H groups in total. The number of H-pyrrole nitrogens is 1. The summed E-state index contributed by atoms with van der Waals surface area (Å²) in [6.07, 6.45) is 0. The van der Waals surface area contributed by atoms with E-state index in [1.54, 1.807) is 13.8 Å². The van der Waals surface area contributed by atoms with Crippen LogP contribution in [0.25, 0.3) is 0 Å². The molecule has 0 aliphatic heterocycles. The highest BCUT2D eigenvalue weighted by Crippen LogP contribution is 2.20. The Morgan fingerprint density at radius 3 is 2.47 bits per heavy atom. The highest BCUT2D eigenvalue weighted by molar-refractivity contribution is 7.89. The van der Waals surface area contributed by atoms with Gasteiger partial charge in [-0.3, -0.25) is 9.89 Å². The lowest BCUT2D eigenvalue weighted by Crippen LogP contribution is -2.33. The number of hydrogen-bond donors (Lipinski definition) is 1. The van der Waals surface area contributed by atoms with Gasteiger partial charge in [0.1, 0.15) is 11.4 Å². The molecule has 0 unspecified atom stereocenters. The minimum Gasteiger partial charge on any atom is -0.468 e. The monoisotopic (exact) mass is 261 g/mol. The Morgan fingerprint density at radius 2 is 2.06 bits per heavy atom. The molecule has 0 spiro atoms. The molecule has 0 saturated carbocycles. The zero-order valence-corrected chi connectivity index (χ0v) is 11.0. The summed E-state index contributed by atoms with van der Waals surface area (Å²) in [5, 5.41) is 6.41. The van der Waals surface area contributed by atoms with Gasteiger partial charge in [0.15, 0.2) is 0 Å². The van der Waals surface area contributed by atoms with Crippen LogP contribution >= 0.6 is 0 Å². The van der Waals surface area contributed by atoms with Crippen LogP contribution in [0, 0.1) is 13.8 Å². The van der Waals surface area contributed by atoms with Crippen molar-refractivity contribution in [3.05, 3.63) is 11.4 Å². The van der Waals surface area contributed by atoms with Crippen LogP contribution in [0.4, 0.5) is 0 Å². The van der Waals surface area contributed by atoms with Crippen molar-refractivity contribution in [1.82, 2.24) is 14.5 Å². The molecule has 0 radical (unpaired) electrons. The van der Waals surface area contributed by atoms with Crippen molar-refractivity contribution in [2.75, 3.05) is 20.7 Å². The van der Waals surface area contributed by atoms with Crippen LogP contribution in [0.5, 0.6) is 0 Å². The Morgan fingerprint density at radius 1 is 1.47 bits per heavy atom. The zero-order valence-electron chi connectivity index (χ0n) is 10.1. The van der Waals surface area contributed by atoms with Crippen molar-refractivity contribution in [1.29, 1.82) is 0 Å². The minimum absolute atomic E-state index is 0.101. The topological polar surface area (TPSA) is 92.4 Å². The van der Waals surface area contributed by atoms with Crippen LogP contribution in [0.15, 0.2) is 4.90 Å². The number of sulfonamides is 1. The minimum atomic E-state index is -3.72. The quantitative estimate of drug-likeness (QED) is 0.759. The lowest BCUT2D eigenvalue weighted by molar-refractivity contribution is -0.140. The van der Waals surface area contributed by atoms with Gasteiger partial charge in [0.2, 0.25) is 10.0 Å². The number of carbonyl (C=O) groups is 1. The number of carbonyl (C=O) groups excluding carboxylic acids is 1. The summed E-state index contributed by atoms with van der Waals surface area (Å²) in [6, 6.07) is 0. The maximum atomic E-state index is 12.1. The summed E-state index contributed by atoms with van der Waals surface area (Å²) < 4.78 is 29.6. The zero-order chi connectivity index (χ0) is 13.2. The molecule has 0 aliphatic rings. The van der Waals surface area contributed by atoms with Crippen molar-refractivity contribution in [2.24, 2.45) is 0 Å². The molecule has 0 saturated heterocycles. The molecule has 0 fully saturated rings. The molecule has 0 amide bonds. The van der Waals surface area contributed by atoms with E-state index in [1.165, 1.54) is 14.2 Å². The van der Waals surface area contributed by atoms with E-state index in [2.05, 4.69) is 14.9 Å². The van der Waals surface area contributed by atoms with Crippen molar-refractivity contribution >= 4 is 16.0 Å². The summed E-state index contributed by atoms with van der Waals surface area (Å²) >= 11 is 0. The van der Waals surface area contributed by atoms with E-state index < -0.39 is 16.0 Å². The second-order valence-electron chi connectivity index (χ2n) is 3.60. The first-order valence-electron chi connectivity index (χ1n) is 4.85. The normalized spacial score (nSPS) is 11.8. The Balaban J connectivity index is 3.08. The lowest BCUT2D eigenvalue weighted by Gasteiger charge is -2.15. The predicted molar refractivity (Wildman–Crippen MR) is 59.9 cm³/mol. The van der Waals surface area contributed by atoms with E-state index in [4.69, 9.17) is 0 Å². The number of nitrogens with zero attached hydrogens (tertiary/aromatic N) is 2. The molecule has 0 bridgehead atoms. The fraction of sp³-hybridized carbons (Fsp3) is 0.556. The summed E-state index contributed by atoms with van der Waals surface area (Å²) in [5.74, 6) is -0.616. The molecule has 1 aromatic heterocycles. The summed E-state index contributed by atoms with van der Waals surface area (Å²) in [4.78, 5) is 11.2. The summed E-state index contributed by atoms with van der Waals surface area (Å²) in [6.45, 7) is 2.87. The van der Waals surface area contributed by atoms with Gasteiger partial charge in [0, 0.05) is 7.05 Å². The Bertz CT molecular complexity index is 501. The Kier molecular flexibility index (Phi) is 3.89. The molecule has 8 heteroatoms. The molecule has 7 nitrogen and oxygen atoms in total. The first kappa shape index (κ1) is 13.7. The van der Waals surface area contributed by atoms with Crippen molar-refractivity contribution in [2.45, 2.75) is 18.7 Å². The van der Waals surface area contributed by atoms with Crippen molar-refractivity contribution in [3.8, 4) is 0 Å². The van der Waals surface area contributed by atoms with E-state index in [0.717, 1.165) is 4.31 Å². The highest BCUT2D eigenvalue weighted by Gasteiger charge is 2.28. The number of ether oxygens (including phenoxy) is 1. The average Bonchev–Trinajstić information content (AvgIpc) is 2.58. The van der Waals surface area contributed by atoms with Crippen molar-refractivity contribution < 1.29 is 17.9 Å². The number of nitrogens with one attached hydrogen (secondary N) is 1. The van der Waals surface area contributed by atoms with Crippen LogP contribution in [-0.2, 0) is 19.6 Å². The molecule has 17 heavy (non-hydrogen) atoms. The SMILES string of the molecule is COC(=O)CN(C)S(=O)(=O)c1c(C)n[nH]c1C. The van der Waals surface area contributed by atoms with E-state index in [0.29, 0.717) is 11.4 Å². The largest absolute Gasteiger partial charge is 0.468 e. The number of methoxy groups -OCH3 is 1. The van der Waals surface area contributed by atoms with Gasteiger partial charge in [0.25, 0.3) is 0 Å². The number of aromatic nitrogens is 2. The van der Waals surface area contributed by atoms with Crippen molar-refractivity contribution in [3.63, 3.8) is 0 Å². The lowest BCUT2D eigenvalue weighted by atomic mass is 10.4. The van der Waals surface area contributed by atoms with Gasteiger partial charge in [-0.25, -0.2) is 8.42 Å². The standard InChI is InChI=1S/C9H15N3O4S/c1-6-9(7(2)11-10-6)17(14,15)12(3)5-8(13)16-4/h5H2,1-4H3,(H,10,11). The van der Waals surface area contributed by atoms with E-state index in [9.17, 15) is 13.2 Å². The van der Waals surface area contributed by atoms with E-state index in [1.807, 2.05) is 0 Å². The second-order valence-corrected chi connectivity index (χ2v) is 5.58. The Hall–Kier alpha value is -1.41. The number of likely N-dealkylation sites (N-methyl/N-ethyl adjacent to an activating group) is 1. The maximum Gasteiger partial charge on any atom is 0.321 e. The molecular formula is C9H15N3O4S. The van der Waals surface area contributed by atoms with Gasteiger partial charge < -0.3 is 4.74 Å². The average molecular weight is 261 g/mol. The van der Waals surface area contributed by atoms with Crippen LogP contribution in [-0.4, -0.2) is 49.6 Å². The van der Waals surface area contributed by atoms with Gasteiger partial charge in [-0.15, -0.1) is 0 Å². The van der Waals surface area contributed by atoms with Gasteiger partial charge in [-0.1, -0.05) is 0 Å². The Labute approximate surface area is 99.8 Å². The third-order valence-corrected chi connectivity index (χ3v) is 4.38. The highest BCUT2D eigenvalue weighted by atomic mass is 32.2. The predicted octanol–water partition coefficient (Wildman–Crippen LogP) is -0.180. The fourth-order valence-corrected chi connectivity index (χ4v) is 2.85. The van der Waals surface area contributed by atoms with Gasteiger partial charge in [-0.2, -0.15) is 9.40 Å². The summed E-state index contributed by atoms with van der Waals surface area (Å²) in [7, 11) is -1.20. The van der Waals surface area contributed by atoms with Crippen LogP contribution in [0.2, 0.25) is 0 Å². The molecule has 1 heterocycles. The number of aryl methyl sites for hydroxylation is 2. The van der Waals surface area contributed by atoms with Crippen LogP contribution in [0.3, 0.4) is 0 Å². The number of hydrogen-bond acceptors (Lipinski definition) is 5. The third kappa shape index (κ3) is 2.64. The van der Waals surface area contributed by atoms with E-state index in [-0.39, 0.29) is 11.4 Å². The van der Waals surface area contributed by atoms with Gasteiger partial charge >= 0.3 is 5.97 Å². The number of esters is 1. The number of aromatic amines is 1. The molecule has 0 aromatic carbocycles. The smallest absolute Gasteiger partial charge is 0.321 e. The molecule has 0 atom stereocenters. The third-order valence-electron chi connectivity index (χ3n) is 2.31. The second kappa shape index (κ2) is 4.84. The molecular weight excluding hydrogens is 246 g/mol. The van der Waals surface area contributed by atoms with Gasteiger partial charge in [0.05, 0.1) is 18.5 Å². The first-order valence-corrected chi connectivity index (χ1v) is 6.29. The molecule has 1 aromatic rings.